The molecule has 0 spiro atoms. The number of hydrogen-bond acceptors (Lipinski definition) is 6. The monoisotopic (exact) mass is 295 g/mol. The van der Waals surface area contributed by atoms with E-state index in [1.807, 2.05) is 17.8 Å². The van der Waals surface area contributed by atoms with E-state index in [4.69, 9.17) is 5.84 Å². The molecule has 1 fully saturated rings. The molecule has 1 aliphatic carbocycles. The molecule has 0 saturated heterocycles. The fourth-order valence-corrected chi connectivity index (χ4v) is 3.40. The summed E-state index contributed by atoms with van der Waals surface area (Å²) in [6.07, 6.45) is 7.23. The Morgan fingerprint density at radius 1 is 1.30 bits per heavy atom. The molecule has 0 bridgehead atoms. The second-order valence-electron chi connectivity index (χ2n) is 5.66. The lowest BCUT2D eigenvalue weighted by Crippen LogP contribution is -2.29. The number of hydrogen-bond donors (Lipinski definition) is 3. The molecule has 1 aromatic rings. The minimum absolute atomic E-state index is 0.286. The van der Waals surface area contributed by atoms with E-state index < -0.39 is 0 Å². The lowest BCUT2D eigenvalue weighted by atomic mass is 9.95. The molecule has 2 atom stereocenters. The minimum atomic E-state index is 0.286. The summed E-state index contributed by atoms with van der Waals surface area (Å²) in [7, 11) is 0. The van der Waals surface area contributed by atoms with Crippen molar-refractivity contribution < 1.29 is 0 Å². The Balaban J connectivity index is 2.09. The van der Waals surface area contributed by atoms with Gasteiger partial charge < -0.3 is 10.7 Å². The van der Waals surface area contributed by atoms with Crippen LogP contribution in [0.3, 0.4) is 0 Å². The number of rotatable bonds is 5. The first-order valence-corrected chi connectivity index (χ1v) is 8.56. The van der Waals surface area contributed by atoms with Gasteiger partial charge in [0.25, 0.3) is 0 Å². The van der Waals surface area contributed by atoms with Crippen LogP contribution >= 0.6 is 11.8 Å². The van der Waals surface area contributed by atoms with E-state index in [2.05, 4.69) is 40.8 Å². The highest BCUT2D eigenvalue weighted by atomic mass is 32.2. The number of nitrogens with two attached hydrogens (primary N) is 1. The summed E-state index contributed by atoms with van der Waals surface area (Å²) in [5.41, 5.74) is 2.62. The van der Waals surface area contributed by atoms with E-state index in [-0.39, 0.29) is 5.92 Å². The number of nitrogen functional groups attached to an aromatic ring is 1. The summed E-state index contributed by atoms with van der Waals surface area (Å²) < 4.78 is 0. The highest BCUT2D eigenvalue weighted by molar-refractivity contribution is 7.99. The maximum Gasteiger partial charge on any atom is 0.145 e. The van der Waals surface area contributed by atoms with E-state index in [9.17, 15) is 0 Å². The molecule has 20 heavy (non-hydrogen) atoms. The second-order valence-corrected chi connectivity index (χ2v) is 6.80. The molecule has 2 unspecified atom stereocenters. The first kappa shape index (κ1) is 15.4. The Kier molecular flexibility index (Phi) is 5.48. The van der Waals surface area contributed by atoms with E-state index in [1.54, 1.807) is 0 Å². The van der Waals surface area contributed by atoms with Gasteiger partial charge in [-0.25, -0.2) is 15.8 Å². The van der Waals surface area contributed by atoms with Crippen molar-refractivity contribution in [3.05, 3.63) is 11.9 Å². The number of anilines is 2. The van der Waals surface area contributed by atoms with Crippen LogP contribution in [0.5, 0.6) is 0 Å². The summed E-state index contributed by atoms with van der Waals surface area (Å²) in [5, 5.41) is 4.32. The molecule has 0 radical (unpaired) electrons. The number of nitrogens with one attached hydrogen (secondary N) is 2. The predicted octanol–water partition coefficient (Wildman–Crippen LogP) is 2.97. The largest absolute Gasteiger partial charge is 0.367 e. The van der Waals surface area contributed by atoms with Crippen LogP contribution in [0.15, 0.2) is 6.07 Å². The summed E-state index contributed by atoms with van der Waals surface area (Å²) in [5.74, 6) is 8.15. The zero-order valence-electron chi connectivity index (χ0n) is 12.5. The van der Waals surface area contributed by atoms with Crippen molar-refractivity contribution >= 4 is 23.4 Å². The SMILES string of the molecule is CSC1CCCC(Nc2cc(NN)nc(C(C)C)n2)C1. The first-order chi connectivity index (χ1) is 9.62. The molecule has 1 aromatic heterocycles. The zero-order chi connectivity index (χ0) is 14.5. The van der Waals surface area contributed by atoms with E-state index in [1.165, 1.54) is 25.7 Å². The number of aromatic nitrogens is 2. The molecule has 1 aliphatic rings. The Morgan fingerprint density at radius 3 is 2.70 bits per heavy atom. The number of hydrazine groups is 1. The van der Waals surface area contributed by atoms with Crippen molar-refractivity contribution in [2.24, 2.45) is 5.84 Å². The van der Waals surface area contributed by atoms with Crippen LogP contribution in [0, 0.1) is 0 Å². The highest BCUT2D eigenvalue weighted by Crippen LogP contribution is 2.29. The molecule has 1 heterocycles. The fraction of sp³-hybridized carbons (Fsp3) is 0.714. The fourth-order valence-electron chi connectivity index (χ4n) is 2.57. The van der Waals surface area contributed by atoms with Crippen molar-refractivity contribution in [1.82, 2.24) is 9.97 Å². The van der Waals surface area contributed by atoms with E-state index in [0.29, 0.717) is 11.9 Å². The number of thioether (sulfide) groups is 1. The Morgan fingerprint density at radius 2 is 2.05 bits per heavy atom. The van der Waals surface area contributed by atoms with Crippen LogP contribution in [0.4, 0.5) is 11.6 Å². The van der Waals surface area contributed by atoms with Gasteiger partial charge in [0, 0.05) is 23.3 Å². The van der Waals surface area contributed by atoms with Crippen molar-refractivity contribution in [1.29, 1.82) is 0 Å². The lowest BCUT2D eigenvalue weighted by Gasteiger charge is -2.29. The molecule has 6 heteroatoms. The zero-order valence-corrected chi connectivity index (χ0v) is 13.3. The third kappa shape index (κ3) is 3.99. The minimum Gasteiger partial charge on any atom is -0.367 e. The quantitative estimate of drug-likeness (QED) is 0.573. The van der Waals surface area contributed by atoms with Crippen molar-refractivity contribution in [2.45, 2.75) is 56.7 Å². The smallest absolute Gasteiger partial charge is 0.145 e. The molecule has 1 saturated carbocycles. The molecule has 2 rings (SSSR count). The first-order valence-electron chi connectivity index (χ1n) is 7.27. The van der Waals surface area contributed by atoms with Crippen LogP contribution in [0.1, 0.15) is 51.3 Å². The maximum atomic E-state index is 5.49. The van der Waals surface area contributed by atoms with Crippen molar-refractivity contribution in [3.63, 3.8) is 0 Å². The molecule has 5 nitrogen and oxygen atoms in total. The van der Waals surface area contributed by atoms with Gasteiger partial charge in [0.15, 0.2) is 0 Å². The van der Waals surface area contributed by atoms with E-state index >= 15 is 0 Å². The molecular weight excluding hydrogens is 270 g/mol. The van der Waals surface area contributed by atoms with Crippen LogP contribution < -0.4 is 16.6 Å². The van der Waals surface area contributed by atoms with Gasteiger partial charge in [0.1, 0.15) is 17.5 Å². The van der Waals surface area contributed by atoms with Gasteiger partial charge in [0.2, 0.25) is 0 Å². The van der Waals surface area contributed by atoms with Gasteiger partial charge in [-0.2, -0.15) is 11.8 Å². The van der Waals surface area contributed by atoms with Crippen LogP contribution in [0.2, 0.25) is 0 Å². The highest BCUT2D eigenvalue weighted by Gasteiger charge is 2.21. The molecule has 0 aliphatic heterocycles. The average Bonchev–Trinajstić information content (AvgIpc) is 2.47. The summed E-state index contributed by atoms with van der Waals surface area (Å²) in [4.78, 5) is 8.99. The average molecular weight is 295 g/mol. The van der Waals surface area contributed by atoms with Gasteiger partial charge in [-0.15, -0.1) is 0 Å². The second kappa shape index (κ2) is 7.13. The number of nitrogens with zero attached hydrogens (tertiary/aromatic N) is 2. The predicted molar refractivity (Wildman–Crippen MR) is 87.1 cm³/mol. The van der Waals surface area contributed by atoms with Crippen LogP contribution in [-0.2, 0) is 0 Å². The summed E-state index contributed by atoms with van der Waals surface area (Å²) in [6, 6.07) is 2.39. The Labute approximate surface area is 125 Å². The van der Waals surface area contributed by atoms with Gasteiger partial charge in [-0.1, -0.05) is 20.3 Å². The Hall–Kier alpha value is -1.01. The third-order valence-corrected chi connectivity index (χ3v) is 4.81. The third-order valence-electron chi connectivity index (χ3n) is 3.72. The van der Waals surface area contributed by atoms with Gasteiger partial charge in [-0.05, 0) is 25.5 Å². The molecular formula is C14H25N5S. The normalized spacial score (nSPS) is 22.9. The summed E-state index contributed by atoms with van der Waals surface area (Å²) in [6.45, 7) is 4.17. The van der Waals surface area contributed by atoms with Crippen molar-refractivity contribution in [3.8, 4) is 0 Å². The van der Waals surface area contributed by atoms with Crippen LogP contribution in [-0.4, -0.2) is 27.5 Å². The maximum absolute atomic E-state index is 5.49. The molecule has 0 amide bonds. The van der Waals surface area contributed by atoms with Crippen LogP contribution in [0.25, 0.3) is 0 Å². The lowest BCUT2D eigenvalue weighted by molar-refractivity contribution is 0.472. The molecule has 4 N–H and O–H groups in total. The molecule has 0 aromatic carbocycles. The standard InChI is InChI=1S/C14H25N5S/c1-9(2)14-17-12(8-13(18-14)19-15)16-10-5-4-6-11(7-10)20-3/h8-11H,4-7,15H2,1-3H3,(H2,16,17,18,19). The van der Waals surface area contributed by atoms with Gasteiger partial charge in [0.05, 0.1) is 0 Å². The topological polar surface area (TPSA) is 75.9 Å². The van der Waals surface area contributed by atoms with Crippen molar-refractivity contribution in [2.75, 3.05) is 17.0 Å². The van der Waals surface area contributed by atoms with E-state index in [0.717, 1.165) is 16.9 Å². The molecule has 112 valence electrons. The summed E-state index contributed by atoms with van der Waals surface area (Å²) >= 11 is 1.97. The Bertz CT molecular complexity index is 438. The van der Waals surface area contributed by atoms with Gasteiger partial charge in [-0.3, -0.25) is 0 Å². The van der Waals surface area contributed by atoms with Gasteiger partial charge >= 0.3 is 0 Å².